The second-order valence-corrected chi connectivity index (χ2v) is 7.02. The standard InChI is InChI=1S/C15H19N3O2S2/c1-10-11(18(21)13-6-5-9-22-13)7-8-12(16-10)17-14(19)20-15(2,3)4/h5-9,21H,1-4H3,(H,16,17,19). The third-order valence-corrected chi connectivity index (χ3v) is 4.05. The molecule has 2 rings (SSSR count). The molecule has 0 aromatic carbocycles. The highest BCUT2D eigenvalue weighted by atomic mass is 32.1. The Morgan fingerprint density at radius 1 is 1.36 bits per heavy atom. The molecule has 0 spiro atoms. The number of amides is 1. The van der Waals surface area contributed by atoms with Crippen LogP contribution in [0.15, 0.2) is 29.6 Å². The molecular weight excluding hydrogens is 318 g/mol. The number of aromatic nitrogens is 1. The average Bonchev–Trinajstić information content (AvgIpc) is 2.89. The molecule has 1 amide bonds. The van der Waals surface area contributed by atoms with Crippen molar-refractivity contribution in [3.8, 4) is 0 Å². The van der Waals surface area contributed by atoms with Crippen molar-refractivity contribution in [1.29, 1.82) is 0 Å². The number of nitrogens with one attached hydrogen (secondary N) is 1. The Hall–Kier alpha value is -1.73. The summed E-state index contributed by atoms with van der Waals surface area (Å²) in [6.45, 7) is 7.31. The Labute approximate surface area is 139 Å². The van der Waals surface area contributed by atoms with Gasteiger partial charge in [-0.2, -0.15) is 0 Å². The van der Waals surface area contributed by atoms with Crippen molar-refractivity contribution in [2.45, 2.75) is 33.3 Å². The largest absolute Gasteiger partial charge is 0.444 e. The van der Waals surface area contributed by atoms with Crippen molar-refractivity contribution < 1.29 is 9.53 Å². The fourth-order valence-corrected chi connectivity index (χ4v) is 2.84. The molecule has 0 unspecified atom stereocenters. The predicted molar refractivity (Wildman–Crippen MR) is 94.3 cm³/mol. The van der Waals surface area contributed by atoms with E-state index in [0.29, 0.717) is 5.82 Å². The summed E-state index contributed by atoms with van der Waals surface area (Å²) >= 11 is 6.08. The van der Waals surface area contributed by atoms with Crippen molar-refractivity contribution in [3.63, 3.8) is 0 Å². The molecular formula is C15H19N3O2S2. The lowest BCUT2D eigenvalue weighted by Crippen LogP contribution is -2.27. The van der Waals surface area contributed by atoms with Crippen molar-refractivity contribution in [1.82, 2.24) is 4.98 Å². The van der Waals surface area contributed by atoms with Gasteiger partial charge in [-0.3, -0.25) is 9.62 Å². The molecule has 118 valence electrons. The van der Waals surface area contributed by atoms with Crippen LogP contribution in [0.4, 0.5) is 21.3 Å². The minimum atomic E-state index is -0.542. The zero-order valence-electron chi connectivity index (χ0n) is 13.0. The summed E-state index contributed by atoms with van der Waals surface area (Å²) in [5.74, 6) is 0.448. The highest BCUT2D eigenvalue weighted by Gasteiger charge is 2.17. The molecule has 5 nitrogen and oxygen atoms in total. The SMILES string of the molecule is Cc1nc(NC(=O)OC(C)(C)C)ccc1N(S)c1cccs1. The van der Waals surface area contributed by atoms with Crippen LogP contribution in [0.5, 0.6) is 0 Å². The smallest absolute Gasteiger partial charge is 0.413 e. The van der Waals surface area contributed by atoms with Crippen molar-refractivity contribution in [2.75, 3.05) is 9.62 Å². The first-order valence-corrected chi connectivity index (χ1v) is 8.04. The van der Waals surface area contributed by atoms with Gasteiger partial charge in [0.1, 0.15) is 16.4 Å². The summed E-state index contributed by atoms with van der Waals surface area (Å²) < 4.78 is 6.97. The van der Waals surface area contributed by atoms with Crippen LogP contribution in [-0.2, 0) is 4.74 Å². The number of hydrogen-bond donors (Lipinski definition) is 2. The molecule has 2 heterocycles. The van der Waals surface area contributed by atoms with E-state index in [9.17, 15) is 4.79 Å². The number of anilines is 3. The van der Waals surface area contributed by atoms with Crippen LogP contribution in [0, 0.1) is 6.92 Å². The third kappa shape index (κ3) is 4.38. The van der Waals surface area contributed by atoms with Crippen LogP contribution in [0.3, 0.4) is 0 Å². The summed E-state index contributed by atoms with van der Waals surface area (Å²) in [6.07, 6.45) is -0.520. The van der Waals surface area contributed by atoms with E-state index in [1.54, 1.807) is 21.7 Å². The van der Waals surface area contributed by atoms with E-state index in [1.807, 2.05) is 51.3 Å². The first-order chi connectivity index (χ1) is 10.3. The van der Waals surface area contributed by atoms with Gasteiger partial charge in [-0.15, -0.1) is 11.3 Å². The van der Waals surface area contributed by atoms with E-state index in [4.69, 9.17) is 4.74 Å². The van der Waals surface area contributed by atoms with Gasteiger partial charge in [0, 0.05) is 0 Å². The summed E-state index contributed by atoms with van der Waals surface area (Å²) in [7, 11) is 0. The van der Waals surface area contributed by atoms with Crippen molar-refractivity contribution >= 4 is 46.8 Å². The van der Waals surface area contributed by atoms with Gasteiger partial charge in [-0.1, -0.05) is 12.8 Å². The lowest BCUT2D eigenvalue weighted by atomic mass is 10.2. The molecule has 0 bridgehead atoms. The molecule has 0 aliphatic rings. The van der Waals surface area contributed by atoms with Crippen molar-refractivity contribution in [3.05, 3.63) is 35.3 Å². The lowest BCUT2D eigenvalue weighted by Gasteiger charge is -2.20. The first-order valence-electron chi connectivity index (χ1n) is 6.76. The fraction of sp³-hybridized carbons (Fsp3) is 0.333. The molecule has 2 aromatic heterocycles. The van der Waals surface area contributed by atoms with Gasteiger partial charge in [-0.05, 0) is 57.3 Å². The predicted octanol–water partition coefficient (Wildman–Crippen LogP) is 4.78. The second kappa shape index (κ2) is 6.58. The summed E-state index contributed by atoms with van der Waals surface area (Å²) in [5, 5.41) is 5.61. The normalized spacial score (nSPS) is 11.1. The number of carbonyl (C=O) groups is 1. The third-order valence-electron chi connectivity index (χ3n) is 2.63. The summed E-state index contributed by atoms with van der Waals surface area (Å²) in [6, 6.07) is 7.53. The highest BCUT2D eigenvalue weighted by Crippen LogP contribution is 2.33. The van der Waals surface area contributed by atoms with Gasteiger partial charge in [0.2, 0.25) is 0 Å². The van der Waals surface area contributed by atoms with Gasteiger partial charge in [0.25, 0.3) is 0 Å². The van der Waals surface area contributed by atoms with Gasteiger partial charge < -0.3 is 4.74 Å². The number of pyridine rings is 1. The molecule has 1 N–H and O–H groups in total. The molecule has 0 saturated heterocycles. The Morgan fingerprint density at radius 2 is 2.09 bits per heavy atom. The maximum Gasteiger partial charge on any atom is 0.413 e. The van der Waals surface area contributed by atoms with E-state index < -0.39 is 11.7 Å². The molecule has 0 aliphatic heterocycles. The Balaban J connectivity index is 2.11. The van der Waals surface area contributed by atoms with Crippen LogP contribution in [-0.4, -0.2) is 16.7 Å². The van der Waals surface area contributed by atoms with E-state index in [0.717, 1.165) is 16.4 Å². The minimum Gasteiger partial charge on any atom is -0.444 e. The van der Waals surface area contributed by atoms with Gasteiger partial charge >= 0.3 is 6.09 Å². The molecule has 0 fully saturated rings. The van der Waals surface area contributed by atoms with Gasteiger partial charge in [0.15, 0.2) is 0 Å². The minimum absolute atomic E-state index is 0.448. The molecule has 0 saturated carbocycles. The molecule has 2 aromatic rings. The van der Waals surface area contributed by atoms with Crippen LogP contribution in [0.25, 0.3) is 0 Å². The zero-order chi connectivity index (χ0) is 16.3. The van der Waals surface area contributed by atoms with Crippen LogP contribution < -0.4 is 9.62 Å². The Kier molecular flexibility index (Phi) is 4.97. The average molecular weight is 337 g/mol. The molecule has 7 heteroatoms. The van der Waals surface area contributed by atoms with Gasteiger partial charge in [0.05, 0.1) is 11.4 Å². The first kappa shape index (κ1) is 16.6. The number of rotatable bonds is 3. The number of ether oxygens (including phenoxy) is 1. The number of nitrogens with zero attached hydrogens (tertiary/aromatic N) is 2. The summed E-state index contributed by atoms with van der Waals surface area (Å²) in [4.78, 5) is 16.1. The van der Waals surface area contributed by atoms with E-state index in [-0.39, 0.29) is 0 Å². The number of aryl methyl sites for hydroxylation is 1. The lowest BCUT2D eigenvalue weighted by molar-refractivity contribution is 0.0635. The highest BCUT2D eigenvalue weighted by molar-refractivity contribution is 7.82. The number of thiol groups is 1. The Bertz CT molecular complexity index is 651. The monoisotopic (exact) mass is 337 g/mol. The topological polar surface area (TPSA) is 54.5 Å². The molecule has 0 radical (unpaired) electrons. The Morgan fingerprint density at radius 3 is 2.64 bits per heavy atom. The zero-order valence-corrected chi connectivity index (χ0v) is 14.7. The summed E-state index contributed by atoms with van der Waals surface area (Å²) in [5.41, 5.74) is 1.08. The molecule has 22 heavy (non-hydrogen) atoms. The number of carbonyl (C=O) groups excluding carboxylic acids is 1. The maximum atomic E-state index is 11.7. The van der Waals surface area contributed by atoms with E-state index in [1.165, 1.54) is 0 Å². The fourth-order valence-electron chi connectivity index (χ4n) is 1.76. The van der Waals surface area contributed by atoms with Crippen LogP contribution >= 0.6 is 24.2 Å². The van der Waals surface area contributed by atoms with Gasteiger partial charge in [-0.25, -0.2) is 9.78 Å². The molecule has 0 aliphatic carbocycles. The van der Waals surface area contributed by atoms with Crippen LogP contribution in [0.2, 0.25) is 0 Å². The van der Waals surface area contributed by atoms with Crippen molar-refractivity contribution in [2.24, 2.45) is 0 Å². The second-order valence-electron chi connectivity index (χ2n) is 5.69. The quantitative estimate of drug-likeness (QED) is 0.791. The van der Waals surface area contributed by atoms with E-state index in [2.05, 4.69) is 23.1 Å². The number of hydrogen-bond acceptors (Lipinski definition) is 6. The number of thiophene rings is 1. The van der Waals surface area contributed by atoms with Crippen LogP contribution in [0.1, 0.15) is 26.5 Å². The van der Waals surface area contributed by atoms with E-state index >= 15 is 0 Å². The molecule has 0 atom stereocenters. The maximum absolute atomic E-state index is 11.7.